The second kappa shape index (κ2) is 18.2. The molecule has 6 aromatic rings. The highest BCUT2D eigenvalue weighted by atomic mass is 16.7. The van der Waals surface area contributed by atoms with Crippen LogP contribution in [-0.4, -0.2) is 64.8 Å². The lowest BCUT2D eigenvalue weighted by Crippen LogP contribution is -2.50. The number of hydrogen-bond acceptors (Lipinski definition) is 9. The van der Waals surface area contributed by atoms with Crippen LogP contribution >= 0.6 is 0 Å². The van der Waals surface area contributed by atoms with Crippen LogP contribution in [0.4, 0.5) is 16.4 Å². The molecule has 0 spiro atoms. The van der Waals surface area contributed by atoms with Gasteiger partial charge in [0.2, 0.25) is 5.95 Å². The van der Waals surface area contributed by atoms with Crippen molar-refractivity contribution in [3.63, 3.8) is 0 Å². The predicted octanol–water partition coefficient (Wildman–Crippen LogP) is 8.12. The first-order valence-electron chi connectivity index (χ1n) is 19.4. The number of nitrogens with zero attached hydrogens (tertiary/aromatic N) is 4. The molecule has 5 aromatic carbocycles. The first-order chi connectivity index (χ1) is 28.1. The number of nitrogens with one attached hydrogen (secondary N) is 2. The number of aliphatic hydroxyl groups excluding tert-OH is 1. The minimum absolute atomic E-state index is 0.000611. The average Bonchev–Trinajstić information content (AvgIpc) is 3.27. The number of para-hydroxylation sites is 1. The van der Waals surface area contributed by atoms with Gasteiger partial charge in [0.15, 0.2) is 6.29 Å². The van der Waals surface area contributed by atoms with Crippen LogP contribution in [0.25, 0.3) is 11.1 Å². The first-order valence-corrected chi connectivity index (χ1v) is 19.4. The van der Waals surface area contributed by atoms with Gasteiger partial charge in [-0.2, -0.15) is 0 Å². The minimum atomic E-state index is -0.557. The number of rotatable bonds is 12. The van der Waals surface area contributed by atoms with E-state index in [2.05, 4.69) is 60.7 Å². The third-order valence-electron chi connectivity index (χ3n) is 10.3. The monoisotopic (exact) mass is 762 g/mol. The summed E-state index contributed by atoms with van der Waals surface area (Å²) in [6, 6.07) is 42.7. The maximum Gasteiger partial charge on any atom is 0.319 e. The fourth-order valence-corrected chi connectivity index (χ4v) is 7.26. The zero-order valence-electron chi connectivity index (χ0n) is 31.6. The molecule has 290 valence electrons. The van der Waals surface area contributed by atoms with Crippen molar-refractivity contribution in [1.82, 2.24) is 20.2 Å². The molecular weight excluding hydrogens is 717 g/mol. The summed E-state index contributed by atoms with van der Waals surface area (Å²) in [5.74, 6) is 2.21. The Labute approximate surface area is 332 Å². The lowest BCUT2D eigenvalue weighted by atomic mass is 9.97. The summed E-state index contributed by atoms with van der Waals surface area (Å²) < 4.78 is 19.2. The molecule has 11 heteroatoms. The predicted molar refractivity (Wildman–Crippen MR) is 220 cm³/mol. The number of piperazine rings is 1. The highest BCUT2D eigenvalue weighted by Crippen LogP contribution is 2.39. The lowest BCUT2D eigenvalue weighted by Gasteiger charge is -2.40. The number of aliphatic hydroxyl groups is 1. The van der Waals surface area contributed by atoms with Crippen LogP contribution in [0, 0.1) is 0 Å². The molecule has 2 aliphatic rings. The van der Waals surface area contributed by atoms with Gasteiger partial charge in [-0.3, -0.25) is 4.90 Å². The van der Waals surface area contributed by atoms with Gasteiger partial charge in [-0.25, -0.2) is 14.8 Å². The Balaban J connectivity index is 0.908. The number of anilines is 2. The Kier molecular flexibility index (Phi) is 12.1. The van der Waals surface area contributed by atoms with E-state index >= 15 is 0 Å². The molecule has 2 saturated heterocycles. The summed E-state index contributed by atoms with van der Waals surface area (Å²) in [7, 11) is 0. The van der Waals surface area contributed by atoms with Crippen molar-refractivity contribution < 1.29 is 24.1 Å². The SMILES string of the molecule is O=C(NCc1ccccc1-c1ccc([C@H]2O[C@@H](CN3CCN(c4ncccn4)CC3)C[C@@H](c3ccc(CO)cc3)O2)cc1)Nc1ccc(Oc2ccccc2)cc1. The Hall–Kier alpha value is -6.11. The summed E-state index contributed by atoms with van der Waals surface area (Å²) in [5, 5.41) is 15.5. The molecule has 0 aliphatic carbocycles. The van der Waals surface area contributed by atoms with Gasteiger partial charge in [-0.1, -0.05) is 91.0 Å². The van der Waals surface area contributed by atoms with Gasteiger partial charge in [-0.15, -0.1) is 0 Å². The molecule has 11 nitrogen and oxygen atoms in total. The van der Waals surface area contributed by atoms with Gasteiger partial charge < -0.3 is 34.9 Å². The summed E-state index contributed by atoms with van der Waals surface area (Å²) in [6.07, 6.45) is 3.51. The molecule has 0 bridgehead atoms. The van der Waals surface area contributed by atoms with Crippen LogP contribution in [0.3, 0.4) is 0 Å². The van der Waals surface area contributed by atoms with E-state index in [1.807, 2.05) is 103 Å². The Morgan fingerprint density at radius 1 is 0.737 bits per heavy atom. The molecule has 2 aliphatic heterocycles. The molecule has 1 aromatic heterocycles. The zero-order valence-corrected chi connectivity index (χ0v) is 31.6. The van der Waals surface area contributed by atoms with E-state index in [0.717, 1.165) is 84.2 Å². The third-order valence-corrected chi connectivity index (χ3v) is 10.3. The van der Waals surface area contributed by atoms with Crippen LogP contribution in [0.2, 0.25) is 0 Å². The number of urea groups is 1. The third kappa shape index (κ3) is 9.83. The highest BCUT2D eigenvalue weighted by Gasteiger charge is 2.34. The number of aromatic nitrogens is 2. The smallest absolute Gasteiger partial charge is 0.319 e. The van der Waals surface area contributed by atoms with Gasteiger partial charge in [0.25, 0.3) is 0 Å². The van der Waals surface area contributed by atoms with Crippen molar-refractivity contribution in [1.29, 1.82) is 0 Å². The molecule has 57 heavy (non-hydrogen) atoms. The number of hydrogen-bond donors (Lipinski definition) is 3. The van der Waals surface area contributed by atoms with Gasteiger partial charge in [0.05, 0.1) is 18.8 Å². The lowest BCUT2D eigenvalue weighted by molar-refractivity contribution is -0.253. The maximum atomic E-state index is 12.9. The van der Waals surface area contributed by atoms with Crippen molar-refractivity contribution in [2.24, 2.45) is 0 Å². The van der Waals surface area contributed by atoms with Crippen molar-refractivity contribution in [2.75, 3.05) is 42.9 Å². The summed E-state index contributed by atoms with van der Waals surface area (Å²) in [6.45, 7) is 4.62. The molecule has 3 N–H and O–H groups in total. The van der Waals surface area contributed by atoms with Crippen molar-refractivity contribution in [3.05, 3.63) is 168 Å². The number of carbonyl (C=O) groups is 1. The summed E-state index contributed by atoms with van der Waals surface area (Å²) in [4.78, 5) is 26.5. The molecule has 2 fully saturated rings. The fourth-order valence-electron chi connectivity index (χ4n) is 7.26. The molecule has 0 radical (unpaired) electrons. The molecule has 3 atom stereocenters. The van der Waals surface area contributed by atoms with E-state index in [-0.39, 0.29) is 24.8 Å². The van der Waals surface area contributed by atoms with E-state index in [4.69, 9.17) is 14.2 Å². The molecule has 3 heterocycles. The molecule has 8 rings (SSSR count). The van der Waals surface area contributed by atoms with Crippen LogP contribution in [0.1, 0.15) is 41.1 Å². The van der Waals surface area contributed by atoms with E-state index in [1.165, 1.54) is 0 Å². The second-order valence-electron chi connectivity index (χ2n) is 14.2. The Morgan fingerprint density at radius 3 is 2.16 bits per heavy atom. The first kappa shape index (κ1) is 37.8. The van der Waals surface area contributed by atoms with Crippen molar-refractivity contribution >= 4 is 17.7 Å². The summed E-state index contributed by atoms with van der Waals surface area (Å²) >= 11 is 0. The van der Waals surface area contributed by atoms with Crippen molar-refractivity contribution in [2.45, 2.75) is 38.1 Å². The Morgan fingerprint density at radius 2 is 1.42 bits per heavy atom. The van der Waals surface area contributed by atoms with Crippen LogP contribution < -0.4 is 20.3 Å². The van der Waals surface area contributed by atoms with Gasteiger partial charge in [0.1, 0.15) is 11.5 Å². The highest BCUT2D eigenvalue weighted by molar-refractivity contribution is 5.89. The van der Waals surface area contributed by atoms with Crippen LogP contribution in [0.15, 0.2) is 146 Å². The summed E-state index contributed by atoms with van der Waals surface area (Å²) in [5.41, 5.74) is 6.56. The molecule has 0 unspecified atom stereocenters. The van der Waals surface area contributed by atoms with E-state index in [1.54, 1.807) is 12.4 Å². The van der Waals surface area contributed by atoms with E-state index in [9.17, 15) is 9.90 Å². The quantitative estimate of drug-likeness (QED) is 0.114. The van der Waals surface area contributed by atoms with Crippen LogP contribution in [-0.2, 0) is 22.6 Å². The Bertz CT molecular complexity index is 2180. The molecule has 0 saturated carbocycles. The fraction of sp³-hybridized carbons (Fsp3) is 0.239. The number of carbonyl (C=O) groups excluding carboxylic acids is 1. The largest absolute Gasteiger partial charge is 0.457 e. The minimum Gasteiger partial charge on any atom is -0.457 e. The van der Waals surface area contributed by atoms with Gasteiger partial charge in [-0.05, 0) is 70.3 Å². The average molecular weight is 763 g/mol. The van der Waals surface area contributed by atoms with E-state index in [0.29, 0.717) is 18.0 Å². The number of benzene rings is 5. The normalized spacial score (nSPS) is 18.5. The molecular formula is C46H46N6O5. The topological polar surface area (TPSA) is 121 Å². The zero-order chi connectivity index (χ0) is 38.8. The standard InChI is InChI=1S/C46H46N6O5/c53-32-33-11-13-35(14-12-33)43-29-41(31-51-25-27-52(28-26-51)45-47-23-6-24-48-45)56-44(57-43)36-17-15-34(16-18-36)42-10-5-4-7-37(42)30-49-46(54)50-38-19-21-40(22-20-38)55-39-8-2-1-3-9-39/h1-24,41,43-44,53H,25-32H2,(H2,49,50,54)/t41-,43+,44+/m1/s1. The molecule has 2 amide bonds. The number of amides is 2. The second-order valence-corrected chi connectivity index (χ2v) is 14.2. The van der Waals surface area contributed by atoms with E-state index < -0.39 is 6.29 Å². The van der Waals surface area contributed by atoms with Gasteiger partial charge >= 0.3 is 6.03 Å². The number of ether oxygens (including phenoxy) is 3. The van der Waals surface area contributed by atoms with Crippen molar-refractivity contribution in [3.8, 4) is 22.6 Å². The maximum absolute atomic E-state index is 12.9. The van der Waals surface area contributed by atoms with Crippen LogP contribution in [0.5, 0.6) is 11.5 Å². The van der Waals surface area contributed by atoms with Gasteiger partial charge in [0, 0.05) is 69.3 Å².